The van der Waals surface area contributed by atoms with E-state index in [4.69, 9.17) is 4.74 Å². The predicted molar refractivity (Wildman–Crippen MR) is 95.5 cm³/mol. The molecule has 2 heterocycles. The molecule has 0 saturated carbocycles. The topological polar surface area (TPSA) is 56.1 Å². The second kappa shape index (κ2) is 7.03. The van der Waals surface area contributed by atoms with Crippen LogP contribution in [0.4, 0.5) is 13.2 Å². The molecule has 8 heteroatoms. The Balaban J connectivity index is 1.52. The van der Waals surface area contributed by atoms with Crippen molar-refractivity contribution in [3.8, 4) is 11.4 Å². The standard InChI is InChI=1S/C20H16F3N3O2/c21-20(22,23)18-8-9-24-26(18)16-6-3-5-14(11-16)19(27)25-15-10-13-4-1-2-7-17(13)28-12-15/h1-9,11,15H,10,12H2,(H,25,27). The number of aromatic nitrogens is 2. The van der Waals surface area contributed by atoms with Gasteiger partial charge < -0.3 is 10.1 Å². The van der Waals surface area contributed by atoms with E-state index in [0.29, 0.717) is 13.0 Å². The first-order chi connectivity index (χ1) is 13.4. The highest BCUT2D eigenvalue weighted by Gasteiger charge is 2.35. The van der Waals surface area contributed by atoms with Crippen molar-refractivity contribution >= 4 is 5.91 Å². The zero-order chi connectivity index (χ0) is 19.7. The number of nitrogens with zero attached hydrogens (tertiary/aromatic N) is 2. The highest BCUT2D eigenvalue weighted by atomic mass is 19.4. The molecule has 144 valence electrons. The zero-order valence-corrected chi connectivity index (χ0v) is 14.6. The van der Waals surface area contributed by atoms with Crippen LogP contribution in [0.1, 0.15) is 21.6 Å². The van der Waals surface area contributed by atoms with E-state index >= 15 is 0 Å². The number of halogens is 3. The van der Waals surface area contributed by atoms with Gasteiger partial charge >= 0.3 is 6.18 Å². The summed E-state index contributed by atoms with van der Waals surface area (Å²) in [5.74, 6) is 0.420. The molecular weight excluding hydrogens is 371 g/mol. The number of benzene rings is 2. The number of hydrogen-bond donors (Lipinski definition) is 1. The molecule has 1 aliphatic rings. The van der Waals surface area contributed by atoms with Crippen LogP contribution in [0.3, 0.4) is 0 Å². The summed E-state index contributed by atoms with van der Waals surface area (Å²) in [4.78, 5) is 12.6. The molecule has 2 aromatic carbocycles. The molecule has 1 unspecified atom stereocenters. The molecule has 0 saturated heterocycles. The van der Waals surface area contributed by atoms with Crippen molar-refractivity contribution in [1.29, 1.82) is 0 Å². The number of para-hydroxylation sites is 1. The Hall–Kier alpha value is -3.29. The monoisotopic (exact) mass is 387 g/mol. The second-order valence-corrected chi connectivity index (χ2v) is 6.47. The summed E-state index contributed by atoms with van der Waals surface area (Å²) in [6.45, 7) is 0.333. The number of fused-ring (bicyclic) bond motifs is 1. The number of carbonyl (C=O) groups excluding carboxylic acids is 1. The van der Waals surface area contributed by atoms with Crippen LogP contribution in [-0.2, 0) is 12.6 Å². The molecule has 5 nitrogen and oxygen atoms in total. The molecule has 0 fully saturated rings. The Kier molecular flexibility index (Phi) is 4.54. The quantitative estimate of drug-likeness (QED) is 0.747. The maximum atomic E-state index is 13.1. The number of carbonyl (C=O) groups is 1. The lowest BCUT2D eigenvalue weighted by atomic mass is 10.0. The van der Waals surface area contributed by atoms with E-state index in [2.05, 4.69) is 10.4 Å². The first-order valence-corrected chi connectivity index (χ1v) is 8.65. The normalized spacial score (nSPS) is 16.2. The van der Waals surface area contributed by atoms with Gasteiger partial charge in [-0.15, -0.1) is 0 Å². The lowest BCUT2D eigenvalue weighted by Gasteiger charge is -2.26. The van der Waals surface area contributed by atoms with Gasteiger partial charge in [0.15, 0.2) is 0 Å². The Morgan fingerprint density at radius 3 is 2.79 bits per heavy atom. The third-order valence-corrected chi connectivity index (χ3v) is 4.50. The molecule has 3 aromatic rings. The summed E-state index contributed by atoms with van der Waals surface area (Å²) in [5, 5.41) is 6.62. The van der Waals surface area contributed by atoms with E-state index < -0.39 is 11.9 Å². The van der Waals surface area contributed by atoms with Crippen LogP contribution in [0, 0.1) is 0 Å². The van der Waals surface area contributed by atoms with Gasteiger partial charge in [0.1, 0.15) is 18.1 Å². The van der Waals surface area contributed by atoms with Crippen molar-refractivity contribution in [1.82, 2.24) is 15.1 Å². The summed E-state index contributed by atoms with van der Waals surface area (Å²) in [6.07, 6.45) is -2.84. The van der Waals surface area contributed by atoms with Gasteiger partial charge in [0.25, 0.3) is 5.91 Å². The average molecular weight is 387 g/mol. The molecule has 4 rings (SSSR count). The van der Waals surface area contributed by atoms with Gasteiger partial charge in [0, 0.05) is 5.56 Å². The van der Waals surface area contributed by atoms with Crippen molar-refractivity contribution in [2.75, 3.05) is 6.61 Å². The van der Waals surface area contributed by atoms with Gasteiger partial charge in [0.05, 0.1) is 17.9 Å². The van der Waals surface area contributed by atoms with E-state index in [1.54, 1.807) is 6.07 Å². The van der Waals surface area contributed by atoms with Crippen LogP contribution < -0.4 is 10.1 Å². The Morgan fingerprint density at radius 2 is 1.96 bits per heavy atom. The molecule has 1 N–H and O–H groups in total. The minimum absolute atomic E-state index is 0.162. The van der Waals surface area contributed by atoms with E-state index in [9.17, 15) is 18.0 Å². The zero-order valence-electron chi connectivity index (χ0n) is 14.6. The third-order valence-electron chi connectivity index (χ3n) is 4.50. The summed E-state index contributed by atoms with van der Waals surface area (Å²) < 4.78 is 45.7. The molecule has 0 aliphatic carbocycles. The molecule has 0 bridgehead atoms. The van der Waals surface area contributed by atoms with Crippen molar-refractivity contribution in [2.45, 2.75) is 18.6 Å². The molecule has 1 atom stereocenters. The number of nitrogens with one attached hydrogen (secondary N) is 1. The van der Waals surface area contributed by atoms with Crippen molar-refractivity contribution < 1.29 is 22.7 Å². The molecule has 0 spiro atoms. The summed E-state index contributed by atoms with van der Waals surface area (Å²) in [7, 11) is 0. The second-order valence-electron chi connectivity index (χ2n) is 6.47. The fraction of sp³-hybridized carbons (Fsp3) is 0.200. The highest BCUT2D eigenvalue weighted by Crippen LogP contribution is 2.30. The number of alkyl halides is 3. The molecule has 1 amide bonds. The maximum absolute atomic E-state index is 13.1. The van der Waals surface area contributed by atoms with Crippen LogP contribution >= 0.6 is 0 Å². The average Bonchev–Trinajstić information content (AvgIpc) is 3.18. The number of rotatable bonds is 3. The van der Waals surface area contributed by atoms with Crippen molar-refractivity contribution in [3.63, 3.8) is 0 Å². The van der Waals surface area contributed by atoms with Crippen molar-refractivity contribution in [2.24, 2.45) is 0 Å². The Morgan fingerprint density at radius 1 is 1.14 bits per heavy atom. The van der Waals surface area contributed by atoms with Crippen LogP contribution in [-0.4, -0.2) is 28.3 Å². The minimum atomic E-state index is -4.54. The van der Waals surface area contributed by atoms with Crippen LogP contribution in [0.5, 0.6) is 5.75 Å². The Bertz CT molecular complexity index is 1010. The van der Waals surface area contributed by atoms with Gasteiger partial charge in [-0.3, -0.25) is 4.79 Å². The smallest absolute Gasteiger partial charge is 0.433 e. The molecule has 28 heavy (non-hydrogen) atoms. The SMILES string of the molecule is O=C(NC1COc2ccccc2C1)c1cccc(-n2nccc2C(F)(F)F)c1. The largest absolute Gasteiger partial charge is 0.491 e. The van der Waals surface area contributed by atoms with Crippen LogP contribution in [0.15, 0.2) is 60.8 Å². The molecule has 1 aliphatic heterocycles. The first kappa shape index (κ1) is 18.1. The van der Waals surface area contributed by atoms with E-state index in [-0.39, 0.29) is 23.2 Å². The minimum Gasteiger partial charge on any atom is -0.491 e. The van der Waals surface area contributed by atoms with E-state index in [0.717, 1.165) is 28.3 Å². The van der Waals surface area contributed by atoms with Crippen molar-refractivity contribution in [3.05, 3.63) is 77.6 Å². The van der Waals surface area contributed by atoms with Gasteiger partial charge in [-0.25, -0.2) is 4.68 Å². The lowest BCUT2D eigenvalue weighted by Crippen LogP contribution is -2.42. The molecule has 1 aromatic heterocycles. The van der Waals surface area contributed by atoms with Crippen LogP contribution in [0.2, 0.25) is 0 Å². The third kappa shape index (κ3) is 3.58. The van der Waals surface area contributed by atoms with Gasteiger partial charge in [0.2, 0.25) is 0 Å². The highest BCUT2D eigenvalue weighted by molar-refractivity contribution is 5.95. The van der Waals surface area contributed by atoms with Gasteiger partial charge in [-0.05, 0) is 42.3 Å². The fourth-order valence-corrected chi connectivity index (χ4v) is 3.19. The fourth-order valence-electron chi connectivity index (χ4n) is 3.19. The van der Waals surface area contributed by atoms with Gasteiger partial charge in [-0.2, -0.15) is 18.3 Å². The molecular formula is C20H16F3N3O2. The van der Waals surface area contributed by atoms with E-state index in [1.807, 2.05) is 24.3 Å². The van der Waals surface area contributed by atoms with Gasteiger partial charge in [-0.1, -0.05) is 24.3 Å². The summed E-state index contributed by atoms with van der Waals surface area (Å²) in [5.41, 5.74) is 0.511. The number of hydrogen-bond acceptors (Lipinski definition) is 3. The number of ether oxygens (including phenoxy) is 1. The molecule has 0 radical (unpaired) electrons. The number of amides is 1. The predicted octanol–water partition coefficient (Wildman–Crippen LogP) is 3.62. The van der Waals surface area contributed by atoms with Crippen LogP contribution in [0.25, 0.3) is 5.69 Å². The van der Waals surface area contributed by atoms with E-state index in [1.165, 1.54) is 18.2 Å². The lowest BCUT2D eigenvalue weighted by molar-refractivity contribution is -0.142. The summed E-state index contributed by atoms with van der Waals surface area (Å²) in [6, 6.07) is 14.2. The maximum Gasteiger partial charge on any atom is 0.433 e. The first-order valence-electron chi connectivity index (χ1n) is 8.65. The Labute approximate surface area is 158 Å². The summed E-state index contributed by atoms with van der Waals surface area (Å²) >= 11 is 0.